The molecular formula is C10H7NO3. The average molecular weight is 189 g/mol. The number of aromatic hydroxyl groups is 1. The van der Waals surface area contributed by atoms with Crippen LogP contribution in [0.5, 0.6) is 5.75 Å². The third-order valence-corrected chi connectivity index (χ3v) is 1.80. The topological polar surface area (TPSA) is 63.3 Å². The molecule has 2 rings (SSSR count). The zero-order valence-corrected chi connectivity index (χ0v) is 7.23. The second-order valence-electron chi connectivity index (χ2n) is 2.74. The maximum atomic E-state index is 10.9. The van der Waals surface area contributed by atoms with Crippen molar-refractivity contribution in [1.82, 2.24) is 4.98 Å². The summed E-state index contributed by atoms with van der Waals surface area (Å²) in [6.07, 6.45) is 1.55. The number of hydrogen-bond acceptors (Lipinski definition) is 4. The summed E-state index contributed by atoms with van der Waals surface area (Å²) in [5.74, 6) is -0.181. The van der Waals surface area contributed by atoms with Crippen molar-refractivity contribution in [3.8, 4) is 5.75 Å². The van der Waals surface area contributed by atoms with Gasteiger partial charge in [-0.3, -0.25) is 0 Å². The Labute approximate surface area is 79.1 Å². The Kier molecular flexibility index (Phi) is 1.81. The Morgan fingerprint density at radius 1 is 1.50 bits per heavy atom. The van der Waals surface area contributed by atoms with Crippen molar-refractivity contribution in [3.63, 3.8) is 0 Å². The summed E-state index contributed by atoms with van der Waals surface area (Å²) in [4.78, 5) is 14.9. The van der Waals surface area contributed by atoms with E-state index in [1.807, 2.05) is 0 Å². The zero-order chi connectivity index (χ0) is 10.1. The second kappa shape index (κ2) is 2.99. The van der Waals surface area contributed by atoms with E-state index in [0.29, 0.717) is 5.69 Å². The molecule has 4 nitrogen and oxygen atoms in total. The molecule has 0 fully saturated rings. The third-order valence-electron chi connectivity index (χ3n) is 1.80. The first-order valence-electron chi connectivity index (χ1n) is 3.97. The van der Waals surface area contributed by atoms with E-state index < -0.39 is 5.63 Å². The summed E-state index contributed by atoms with van der Waals surface area (Å²) in [5.41, 5.74) is 0.549. The molecule has 2 heterocycles. The third kappa shape index (κ3) is 1.26. The predicted octanol–water partition coefficient (Wildman–Crippen LogP) is 1.54. The highest BCUT2D eigenvalue weighted by atomic mass is 16.4. The van der Waals surface area contributed by atoms with E-state index in [2.05, 4.69) is 11.6 Å². The van der Waals surface area contributed by atoms with Crippen LogP contribution in [-0.4, -0.2) is 10.1 Å². The lowest BCUT2D eigenvalue weighted by Crippen LogP contribution is -1.96. The largest absolute Gasteiger partial charge is 0.505 e. The van der Waals surface area contributed by atoms with Crippen molar-refractivity contribution in [3.05, 3.63) is 40.9 Å². The fraction of sp³-hybridized carbons (Fsp3) is 0. The van der Waals surface area contributed by atoms with Gasteiger partial charge in [-0.25, -0.2) is 9.78 Å². The minimum Gasteiger partial charge on any atom is -0.505 e. The maximum absolute atomic E-state index is 10.9. The van der Waals surface area contributed by atoms with Crippen LogP contribution in [0.25, 0.3) is 17.2 Å². The minimum atomic E-state index is -0.594. The molecule has 2 aromatic rings. The van der Waals surface area contributed by atoms with Gasteiger partial charge >= 0.3 is 5.63 Å². The van der Waals surface area contributed by atoms with Crippen molar-refractivity contribution < 1.29 is 9.52 Å². The van der Waals surface area contributed by atoms with Crippen molar-refractivity contribution in [2.45, 2.75) is 0 Å². The van der Waals surface area contributed by atoms with Crippen molar-refractivity contribution in [2.24, 2.45) is 0 Å². The molecule has 0 aromatic carbocycles. The summed E-state index contributed by atoms with van der Waals surface area (Å²) < 4.78 is 4.83. The fourth-order valence-electron chi connectivity index (χ4n) is 1.16. The van der Waals surface area contributed by atoms with Crippen molar-refractivity contribution >= 4 is 17.2 Å². The van der Waals surface area contributed by atoms with Crippen LogP contribution >= 0.6 is 0 Å². The average Bonchev–Trinajstić information content (AvgIpc) is 2.17. The summed E-state index contributed by atoms with van der Waals surface area (Å²) in [6, 6.07) is 4.21. The summed E-state index contributed by atoms with van der Waals surface area (Å²) in [7, 11) is 0. The van der Waals surface area contributed by atoms with E-state index in [1.165, 1.54) is 0 Å². The van der Waals surface area contributed by atoms with Crippen LogP contribution in [0.1, 0.15) is 5.69 Å². The number of fused-ring (bicyclic) bond motifs is 1. The van der Waals surface area contributed by atoms with Crippen molar-refractivity contribution in [2.75, 3.05) is 0 Å². The monoisotopic (exact) mass is 189 g/mol. The molecule has 0 unspecified atom stereocenters. The first-order chi connectivity index (χ1) is 6.70. The Morgan fingerprint density at radius 3 is 3.00 bits per heavy atom. The smallest absolute Gasteiger partial charge is 0.340 e. The van der Waals surface area contributed by atoms with Crippen LogP contribution in [0.3, 0.4) is 0 Å². The molecular weight excluding hydrogens is 182 g/mol. The molecule has 0 saturated heterocycles. The van der Waals surface area contributed by atoms with Gasteiger partial charge in [0, 0.05) is 0 Å². The number of aromatic nitrogens is 1. The highest BCUT2D eigenvalue weighted by Crippen LogP contribution is 2.20. The lowest BCUT2D eigenvalue weighted by Gasteiger charge is -1.98. The van der Waals surface area contributed by atoms with Gasteiger partial charge in [0.25, 0.3) is 0 Å². The quantitative estimate of drug-likeness (QED) is 0.738. The van der Waals surface area contributed by atoms with Gasteiger partial charge in [-0.1, -0.05) is 6.58 Å². The Morgan fingerprint density at radius 2 is 2.29 bits per heavy atom. The number of rotatable bonds is 1. The fourth-order valence-corrected chi connectivity index (χ4v) is 1.16. The van der Waals surface area contributed by atoms with E-state index in [1.54, 1.807) is 18.2 Å². The van der Waals surface area contributed by atoms with Crippen LogP contribution < -0.4 is 5.63 Å². The van der Waals surface area contributed by atoms with E-state index in [9.17, 15) is 9.90 Å². The molecule has 0 aliphatic carbocycles. The Balaban J connectivity index is 2.88. The molecule has 0 bridgehead atoms. The van der Waals surface area contributed by atoms with Crippen LogP contribution in [-0.2, 0) is 0 Å². The molecule has 0 spiro atoms. The van der Waals surface area contributed by atoms with Crippen LogP contribution in [0, 0.1) is 0 Å². The van der Waals surface area contributed by atoms with Gasteiger partial charge in [0.05, 0.1) is 11.8 Å². The first-order valence-corrected chi connectivity index (χ1v) is 3.97. The second-order valence-corrected chi connectivity index (χ2v) is 2.74. The maximum Gasteiger partial charge on any atom is 0.340 e. The Bertz CT molecular complexity index is 557. The summed E-state index contributed by atoms with van der Waals surface area (Å²) in [5, 5.41) is 9.42. The molecule has 0 aliphatic rings. The van der Waals surface area contributed by atoms with E-state index in [-0.39, 0.29) is 16.8 Å². The molecule has 14 heavy (non-hydrogen) atoms. The van der Waals surface area contributed by atoms with E-state index >= 15 is 0 Å². The zero-order valence-electron chi connectivity index (χ0n) is 7.23. The van der Waals surface area contributed by atoms with Gasteiger partial charge in [0.1, 0.15) is 5.52 Å². The van der Waals surface area contributed by atoms with Crippen LogP contribution in [0.2, 0.25) is 0 Å². The lowest BCUT2D eigenvalue weighted by atomic mass is 10.3. The SMILES string of the molecule is C=Cc1ccc2oc(=O)cc(O)c2n1. The molecule has 4 heteroatoms. The van der Waals surface area contributed by atoms with Gasteiger partial charge in [-0.2, -0.15) is 0 Å². The van der Waals surface area contributed by atoms with Crippen LogP contribution in [0.4, 0.5) is 0 Å². The molecule has 0 radical (unpaired) electrons. The standard InChI is InChI=1S/C10H7NO3/c1-2-6-3-4-8-10(11-6)7(12)5-9(13)14-8/h2-5,12H,1H2. The molecule has 0 aliphatic heterocycles. The molecule has 0 amide bonds. The molecule has 2 aromatic heterocycles. The van der Waals surface area contributed by atoms with E-state index in [0.717, 1.165) is 6.07 Å². The summed E-state index contributed by atoms with van der Waals surface area (Å²) >= 11 is 0. The van der Waals surface area contributed by atoms with Gasteiger partial charge in [0.2, 0.25) is 0 Å². The van der Waals surface area contributed by atoms with Gasteiger partial charge in [-0.15, -0.1) is 0 Å². The molecule has 1 N–H and O–H groups in total. The number of hydrogen-bond donors (Lipinski definition) is 1. The number of nitrogens with zero attached hydrogens (tertiary/aromatic N) is 1. The highest BCUT2D eigenvalue weighted by molar-refractivity contribution is 5.79. The number of pyridine rings is 1. The molecule has 0 saturated carbocycles. The van der Waals surface area contributed by atoms with Gasteiger partial charge in [0.15, 0.2) is 11.3 Å². The molecule has 0 atom stereocenters. The summed E-state index contributed by atoms with van der Waals surface area (Å²) in [6.45, 7) is 3.55. The van der Waals surface area contributed by atoms with Gasteiger partial charge in [-0.05, 0) is 18.2 Å². The van der Waals surface area contributed by atoms with Crippen LogP contribution in [0.15, 0.2) is 34.0 Å². The Hall–Kier alpha value is -2.10. The highest BCUT2D eigenvalue weighted by Gasteiger charge is 2.05. The minimum absolute atomic E-state index is 0.181. The molecule has 70 valence electrons. The van der Waals surface area contributed by atoms with Crippen molar-refractivity contribution in [1.29, 1.82) is 0 Å². The van der Waals surface area contributed by atoms with Gasteiger partial charge < -0.3 is 9.52 Å². The first kappa shape index (κ1) is 8.50. The van der Waals surface area contributed by atoms with E-state index in [4.69, 9.17) is 4.42 Å². The normalized spacial score (nSPS) is 10.3. The predicted molar refractivity (Wildman–Crippen MR) is 52.0 cm³/mol. The lowest BCUT2D eigenvalue weighted by molar-refractivity contribution is 0.466.